The highest BCUT2D eigenvalue weighted by atomic mass is 32.1. The molecular formula is C23H26N3OS+. The maximum atomic E-state index is 13.1. The van der Waals surface area contributed by atoms with Gasteiger partial charge in [-0.3, -0.25) is 4.79 Å². The lowest BCUT2D eigenvalue weighted by Crippen LogP contribution is -3.14. The summed E-state index contributed by atoms with van der Waals surface area (Å²) in [7, 11) is 0. The van der Waals surface area contributed by atoms with Crippen LogP contribution < -0.4 is 9.80 Å². The second-order valence-corrected chi connectivity index (χ2v) is 9.23. The van der Waals surface area contributed by atoms with Gasteiger partial charge in [-0.15, -0.1) is 11.3 Å². The zero-order valence-corrected chi connectivity index (χ0v) is 17.0. The topological polar surface area (TPSA) is 37.6 Å². The first-order chi connectivity index (χ1) is 13.7. The van der Waals surface area contributed by atoms with Crippen molar-refractivity contribution in [3.8, 4) is 0 Å². The highest BCUT2D eigenvalue weighted by Gasteiger charge is 2.34. The number of fused-ring (bicyclic) bond motifs is 2. The van der Waals surface area contributed by atoms with Gasteiger partial charge < -0.3 is 9.80 Å². The molecule has 5 heteroatoms. The van der Waals surface area contributed by atoms with Crippen LogP contribution in [0.2, 0.25) is 0 Å². The molecule has 1 amide bonds. The fourth-order valence-corrected chi connectivity index (χ4v) is 5.90. The molecule has 5 rings (SSSR count). The van der Waals surface area contributed by atoms with E-state index >= 15 is 0 Å². The third kappa shape index (κ3) is 3.23. The Morgan fingerprint density at radius 3 is 2.71 bits per heavy atom. The molecule has 0 spiro atoms. The van der Waals surface area contributed by atoms with Gasteiger partial charge in [0.25, 0.3) is 5.91 Å². The minimum Gasteiger partial charge on any atom is -0.327 e. The van der Waals surface area contributed by atoms with Crippen molar-refractivity contribution in [2.24, 2.45) is 0 Å². The van der Waals surface area contributed by atoms with E-state index in [1.165, 1.54) is 20.2 Å². The fourth-order valence-electron chi connectivity index (χ4n) is 4.76. The van der Waals surface area contributed by atoms with E-state index in [1.54, 1.807) is 0 Å². The number of para-hydroxylation sites is 2. The molecule has 3 aromatic rings. The number of nitrogens with zero attached hydrogens (tertiary/aromatic N) is 2. The number of hydrogen-bond acceptors (Lipinski definition) is 3. The van der Waals surface area contributed by atoms with E-state index in [2.05, 4.69) is 49.4 Å². The monoisotopic (exact) mass is 392 g/mol. The number of amides is 1. The predicted octanol–water partition coefficient (Wildman–Crippen LogP) is 3.04. The van der Waals surface area contributed by atoms with Crippen molar-refractivity contribution in [1.29, 1.82) is 0 Å². The molecule has 2 aliphatic heterocycles. The van der Waals surface area contributed by atoms with E-state index in [4.69, 9.17) is 4.98 Å². The van der Waals surface area contributed by atoms with Gasteiger partial charge in [-0.05, 0) is 37.1 Å². The molecule has 1 saturated heterocycles. The summed E-state index contributed by atoms with van der Waals surface area (Å²) in [5, 5.41) is 1.27. The van der Waals surface area contributed by atoms with E-state index < -0.39 is 0 Å². The summed E-state index contributed by atoms with van der Waals surface area (Å²) in [6.07, 6.45) is 3.21. The van der Waals surface area contributed by atoms with E-state index in [0.717, 1.165) is 43.6 Å². The van der Waals surface area contributed by atoms with Crippen molar-refractivity contribution in [2.75, 3.05) is 24.5 Å². The van der Waals surface area contributed by atoms with Crippen molar-refractivity contribution in [2.45, 2.75) is 38.1 Å². The maximum absolute atomic E-state index is 13.1. The van der Waals surface area contributed by atoms with Crippen molar-refractivity contribution in [3.63, 3.8) is 0 Å². The van der Waals surface area contributed by atoms with Crippen molar-refractivity contribution < 1.29 is 9.69 Å². The predicted molar refractivity (Wildman–Crippen MR) is 114 cm³/mol. The van der Waals surface area contributed by atoms with Gasteiger partial charge in [-0.1, -0.05) is 30.3 Å². The number of hydrogen-bond donors (Lipinski definition) is 1. The smallest absolute Gasteiger partial charge is 0.282 e. The summed E-state index contributed by atoms with van der Waals surface area (Å²) in [6, 6.07) is 17.0. The fraction of sp³-hybridized carbons (Fsp3) is 0.391. The van der Waals surface area contributed by atoms with Gasteiger partial charge in [0.2, 0.25) is 0 Å². The summed E-state index contributed by atoms with van der Waals surface area (Å²) in [5.74, 6) is 0.813. The molecule has 2 aromatic carbocycles. The number of piperidine rings is 1. The molecule has 1 fully saturated rings. The SMILES string of the molecule is C[C@H]1Cc2ccccc2N1C(=O)C[NH+]1CCC(c2nc3ccccc3s2)CC1. The molecule has 144 valence electrons. The van der Waals surface area contributed by atoms with Crippen LogP contribution in [0.4, 0.5) is 5.69 Å². The van der Waals surface area contributed by atoms with Crippen molar-refractivity contribution in [1.82, 2.24) is 4.98 Å². The minimum absolute atomic E-state index is 0.268. The van der Waals surface area contributed by atoms with Crippen molar-refractivity contribution >= 4 is 33.1 Å². The molecular weight excluding hydrogens is 366 g/mol. The first-order valence-corrected chi connectivity index (χ1v) is 11.1. The lowest BCUT2D eigenvalue weighted by Gasteiger charge is -2.30. The standard InChI is InChI=1S/C23H25N3OS/c1-16-14-18-6-2-4-8-20(18)26(16)22(27)15-25-12-10-17(11-13-25)23-24-19-7-3-5-9-21(19)28-23/h2-9,16-17H,10-15H2,1H3/p+1/t16-/m0/s1. The van der Waals surface area contributed by atoms with Crippen LogP contribution in [-0.4, -0.2) is 36.6 Å². The number of nitrogens with one attached hydrogen (secondary N) is 1. The van der Waals surface area contributed by atoms with Gasteiger partial charge in [0, 0.05) is 30.5 Å². The number of rotatable bonds is 3. The average molecular weight is 393 g/mol. The highest BCUT2D eigenvalue weighted by molar-refractivity contribution is 7.18. The first kappa shape index (κ1) is 17.8. The Hall–Kier alpha value is -2.24. The molecule has 0 aliphatic carbocycles. The molecule has 0 unspecified atom stereocenters. The van der Waals surface area contributed by atoms with E-state index in [-0.39, 0.29) is 11.9 Å². The Balaban J connectivity index is 1.22. The summed E-state index contributed by atoms with van der Waals surface area (Å²) < 4.78 is 1.28. The lowest BCUT2D eigenvalue weighted by molar-refractivity contribution is -0.897. The zero-order chi connectivity index (χ0) is 19.1. The second-order valence-electron chi connectivity index (χ2n) is 8.17. The molecule has 28 heavy (non-hydrogen) atoms. The molecule has 0 radical (unpaired) electrons. The molecule has 3 heterocycles. The van der Waals surface area contributed by atoms with Crippen LogP contribution in [-0.2, 0) is 11.2 Å². The highest BCUT2D eigenvalue weighted by Crippen LogP contribution is 2.33. The Morgan fingerprint density at radius 1 is 1.14 bits per heavy atom. The molecule has 0 saturated carbocycles. The van der Waals surface area contributed by atoms with Gasteiger partial charge in [-0.2, -0.15) is 0 Å². The number of thiazole rings is 1. The molecule has 1 atom stereocenters. The maximum Gasteiger partial charge on any atom is 0.282 e. The van der Waals surface area contributed by atoms with E-state index in [1.807, 2.05) is 22.3 Å². The van der Waals surface area contributed by atoms with Crippen LogP contribution in [0.15, 0.2) is 48.5 Å². The van der Waals surface area contributed by atoms with Crippen LogP contribution in [0.1, 0.15) is 36.3 Å². The first-order valence-electron chi connectivity index (χ1n) is 10.3. The van der Waals surface area contributed by atoms with Crippen LogP contribution in [0.5, 0.6) is 0 Å². The average Bonchev–Trinajstić information content (AvgIpc) is 3.28. The van der Waals surface area contributed by atoms with Gasteiger partial charge >= 0.3 is 0 Å². The minimum atomic E-state index is 0.268. The largest absolute Gasteiger partial charge is 0.327 e. The third-order valence-corrected chi connectivity index (χ3v) is 7.43. The molecule has 1 N–H and O–H groups in total. The number of carbonyl (C=O) groups excluding carboxylic acids is 1. The number of benzene rings is 2. The zero-order valence-electron chi connectivity index (χ0n) is 16.2. The number of carbonyl (C=O) groups is 1. The van der Waals surface area contributed by atoms with E-state index in [9.17, 15) is 4.79 Å². The third-order valence-electron chi connectivity index (χ3n) is 6.23. The molecule has 2 aliphatic rings. The Labute approximate surface area is 169 Å². The number of quaternary nitrogens is 1. The number of aromatic nitrogens is 1. The number of likely N-dealkylation sites (tertiary alicyclic amines) is 1. The summed E-state index contributed by atoms with van der Waals surface area (Å²) in [6.45, 7) is 4.87. The Kier molecular flexibility index (Phi) is 4.65. The summed E-state index contributed by atoms with van der Waals surface area (Å²) >= 11 is 1.84. The Morgan fingerprint density at radius 2 is 1.89 bits per heavy atom. The lowest BCUT2D eigenvalue weighted by atomic mass is 9.97. The van der Waals surface area contributed by atoms with Crippen LogP contribution in [0.25, 0.3) is 10.2 Å². The van der Waals surface area contributed by atoms with Gasteiger partial charge in [0.1, 0.15) is 0 Å². The molecule has 0 bridgehead atoms. The van der Waals surface area contributed by atoms with Gasteiger partial charge in [0.05, 0.1) is 28.3 Å². The second kappa shape index (κ2) is 7.30. The van der Waals surface area contributed by atoms with Crippen molar-refractivity contribution in [3.05, 3.63) is 59.1 Å². The normalized spacial score (nSPS) is 24.5. The van der Waals surface area contributed by atoms with Gasteiger partial charge in [-0.25, -0.2) is 4.98 Å². The van der Waals surface area contributed by atoms with Gasteiger partial charge in [0.15, 0.2) is 6.54 Å². The van der Waals surface area contributed by atoms with Crippen LogP contribution in [0, 0.1) is 0 Å². The summed E-state index contributed by atoms with van der Waals surface area (Å²) in [4.78, 5) is 21.4. The quantitative estimate of drug-likeness (QED) is 0.744. The molecule has 1 aromatic heterocycles. The van der Waals surface area contributed by atoms with Crippen LogP contribution >= 0.6 is 11.3 Å². The summed E-state index contributed by atoms with van der Waals surface area (Å²) in [5.41, 5.74) is 3.53. The molecule has 4 nitrogen and oxygen atoms in total. The van der Waals surface area contributed by atoms with E-state index in [0.29, 0.717) is 12.5 Å². The van der Waals surface area contributed by atoms with Crippen LogP contribution in [0.3, 0.4) is 0 Å². The number of anilines is 1. The Bertz CT molecular complexity index is 973.